The van der Waals surface area contributed by atoms with Crippen molar-refractivity contribution < 1.29 is 4.74 Å². The van der Waals surface area contributed by atoms with Gasteiger partial charge in [-0.2, -0.15) is 15.8 Å². The number of benzene rings is 1. The summed E-state index contributed by atoms with van der Waals surface area (Å²) in [5.74, 6) is 0.647. The predicted molar refractivity (Wildman–Crippen MR) is 73.2 cm³/mol. The Bertz CT molecular complexity index is 600. The minimum Gasteiger partial charge on any atom is -0.496 e. The summed E-state index contributed by atoms with van der Waals surface area (Å²) in [5.41, 5.74) is 0.241. The molecule has 0 spiro atoms. The molecule has 0 fully saturated rings. The van der Waals surface area contributed by atoms with Gasteiger partial charge in [-0.25, -0.2) is 0 Å². The first kappa shape index (κ1) is 13.8. The van der Waals surface area contributed by atoms with E-state index in [4.69, 9.17) is 20.5 Å². The molecule has 6 heteroatoms. The standard InChI is InChI=1S/C12H7IN4O/c1-18-12-4-9(2-3-10(12)13)17-11(7-16)8(5-14)6-15/h2-4,17H,1H3. The van der Waals surface area contributed by atoms with E-state index in [1.807, 2.05) is 0 Å². The highest BCUT2D eigenvalue weighted by Crippen LogP contribution is 2.25. The van der Waals surface area contributed by atoms with E-state index >= 15 is 0 Å². The van der Waals surface area contributed by atoms with Gasteiger partial charge in [-0.05, 0) is 34.7 Å². The van der Waals surface area contributed by atoms with Crippen LogP contribution in [-0.2, 0) is 0 Å². The lowest BCUT2D eigenvalue weighted by molar-refractivity contribution is 0.412. The minimum atomic E-state index is -0.255. The van der Waals surface area contributed by atoms with Crippen molar-refractivity contribution in [3.05, 3.63) is 33.0 Å². The first-order valence-electron chi connectivity index (χ1n) is 4.71. The number of nitrogens with one attached hydrogen (secondary N) is 1. The average molecular weight is 350 g/mol. The number of nitriles is 3. The first-order valence-corrected chi connectivity index (χ1v) is 5.79. The monoisotopic (exact) mass is 350 g/mol. The topological polar surface area (TPSA) is 92.6 Å². The van der Waals surface area contributed by atoms with Crippen LogP contribution in [0.4, 0.5) is 5.69 Å². The van der Waals surface area contributed by atoms with Gasteiger partial charge in [0, 0.05) is 11.8 Å². The second kappa shape index (κ2) is 6.48. The second-order valence-electron chi connectivity index (χ2n) is 3.06. The van der Waals surface area contributed by atoms with Crippen LogP contribution in [0.15, 0.2) is 29.5 Å². The molecule has 1 N–H and O–H groups in total. The number of halogens is 1. The van der Waals surface area contributed by atoms with Crippen LogP contribution < -0.4 is 10.1 Å². The quantitative estimate of drug-likeness (QED) is 0.668. The maximum Gasteiger partial charge on any atom is 0.163 e. The molecule has 0 atom stereocenters. The van der Waals surface area contributed by atoms with Crippen LogP contribution >= 0.6 is 22.6 Å². The molecule has 0 saturated heterocycles. The minimum absolute atomic E-state index is 0.0803. The summed E-state index contributed by atoms with van der Waals surface area (Å²) in [7, 11) is 1.54. The third kappa shape index (κ3) is 3.13. The Morgan fingerprint density at radius 2 is 1.89 bits per heavy atom. The third-order valence-corrected chi connectivity index (χ3v) is 2.90. The van der Waals surface area contributed by atoms with Crippen LogP contribution in [0.25, 0.3) is 0 Å². The Balaban J connectivity index is 3.13. The predicted octanol–water partition coefficient (Wildman–Crippen LogP) is 2.54. The fourth-order valence-corrected chi connectivity index (χ4v) is 1.72. The van der Waals surface area contributed by atoms with Crippen molar-refractivity contribution in [2.45, 2.75) is 0 Å². The van der Waals surface area contributed by atoms with Gasteiger partial charge in [0.1, 0.15) is 29.7 Å². The zero-order valence-electron chi connectivity index (χ0n) is 9.36. The summed E-state index contributed by atoms with van der Waals surface area (Å²) >= 11 is 2.11. The van der Waals surface area contributed by atoms with E-state index in [1.54, 1.807) is 36.4 Å². The Kier molecular flexibility index (Phi) is 4.98. The molecule has 0 heterocycles. The van der Waals surface area contributed by atoms with Crippen molar-refractivity contribution in [1.29, 1.82) is 15.8 Å². The van der Waals surface area contributed by atoms with Gasteiger partial charge in [0.05, 0.1) is 10.7 Å². The van der Waals surface area contributed by atoms with Crippen LogP contribution in [0.5, 0.6) is 5.75 Å². The highest BCUT2D eigenvalue weighted by molar-refractivity contribution is 14.1. The van der Waals surface area contributed by atoms with Crippen LogP contribution in [0.3, 0.4) is 0 Å². The smallest absolute Gasteiger partial charge is 0.163 e. The van der Waals surface area contributed by atoms with Crippen LogP contribution in [0.2, 0.25) is 0 Å². The SMILES string of the molecule is COc1cc(NC(C#N)=C(C#N)C#N)ccc1I. The number of hydrogen-bond acceptors (Lipinski definition) is 5. The molecule has 0 aliphatic heterocycles. The fourth-order valence-electron chi connectivity index (χ4n) is 1.17. The molecular formula is C12H7IN4O. The molecule has 0 radical (unpaired) electrons. The van der Waals surface area contributed by atoms with E-state index in [0.29, 0.717) is 11.4 Å². The maximum atomic E-state index is 8.90. The molecular weight excluding hydrogens is 343 g/mol. The molecule has 0 aliphatic carbocycles. The molecule has 88 valence electrons. The maximum absolute atomic E-state index is 8.90. The Labute approximate surface area is 118 Å². The van der Waals surface area contributed by atoms with Crippen molar-refractivity contribution in [2.24, 2.45) is 0 Å². The lowest BCUT2D eigenvalue weighted by Crippen LogP contribution is -2.01. The van der Waals surface area contributed by atoms with Gasteiger partial charge in [-0.3, -0.25) is 0 Å². The zero-order chi connectivity index (χ0) is 13.5. The third-order valence-electron chi connectivity index (χ3n) is 2.01. The van der Waals surface area contributed by atoms with Gasteiger partial charge in [0.2, 0.25) is 0 Å². The number of allylic oxidation sites excluding steroid dienone is 2. The number of anilines is 1. The van der Waals surface area contributed by atoms with E-state index in [-0.39, 0.29) is 11.3 Å². The highest BCUT2D eigenvalue weighted by atomic mass is 127. The molecule has 0 unspecified atom stereocenters. The number of ether oxygens (including phenoxy) is 1. The average Bonchev–Trinajstić information content (AvgIpc) is 2.40. The van der Waals surface area contributed by atoms with Crippen LogP contribution in [-0.4, -0.2) is 7.11 Å². The number of hydrogen-bond donors (Lipinski definition) is 1. The molecule has 0 bridgehead atoms. The van der Waals surface area contributed by atoms with Crippen molar-refractivity contribution in [3.8, 4) is 24.0 Å². The van der Waals surface area contributed by atoms with Gasteiger partial charge in [-0.15, -0.1) is 0 Å². The van der Waals surface area contributed by atoms with Crippen LogP contribution in [0, 0.1) is 37.6 Å². The van der Waals surface area contributed by atoms with Crippen molar-refractivity contribution in [3.63, 3.8) is 0 Å². The van der Waals surface area contributed by atoms with Gasteiger partial charge in [-0.1, -0.05) is 0 Å². The summed E-state index contributed by atoms with van der Waals surface area (Å²) in [5, 5.41) is 29.0. The molecule has 1 rings (SSSR count). The number of nitrogens with zero attached hydrogens (tertiary/aromatic N) is 3. The summed E-state index contributed by atoms with van der Waals surface area (Å²) in [4.78, 5) is 0. The van der Waals surface area contributed by atoms with Crippen molar-refractivity contribution >= 4 is 28.3 Å². The molecule has 5 nitrogen and oxygen atoms in total. The lowest BCUT2D eigenvalue weighted by Gasteiger charge is -2.08. The molecule has 18 heavy (non-hydrogen) atoms. The van der Waals surface area contributed by atoms with Gasteiger partial charge in [0.15, 0.2) is 5.57 Å². The lowest BCUT2D eigenvalue weighted by atomic mass is 10.2. The molecule has 0 saturated carbocycles. The van der Waals surface area contributed by atoms with E-state index in [0.717, 1.165) is 3.57 Å². The highest BCUT2D eigenvalue weighted by Gasteiger charge is 2.07. The van der Waals surface area contributed by atoms with Gasteiger partial charge in [0.25, 0.3) is 0 Å². The molecule has 1 aromatic rings. The normalized spacial score (nSPS) is 8.39. The van der Waals surface area contributed by atoms with E-state index in [2.05, 4.69) is 27.9 Å². The zero-order valence-corrected chi connectivity index (χ0v) is 11.5. The Morgan fingerprint density at radius 3 is 2.39 bits per heavy atom. The number of methoxy groups -OCH3 is 1. The summed E-state index contributed by atoms with van der Waals surface area (Å²) < 4.78 is 6.06. The molecule has 0 aliphatic rings. The summed E-state index contributed by atoms with van der Waals surface area (Å²) in [6.07, 6.45) is 0. The fraction of sp³-hybridized carbons (Fsp3) is 0.0833. The largest absolute Gasteiger partial charge is 0.496 e. The second-order valence-corrected chi connectivity index (χ2v) is 4.22. The molecule has 1 aromatic carbocycles. The molecule has 0 amide bonds. The number of rotatable bonds is 3. The van der Waals surface area contributed by atoms with Crippen LogP contribution in [0.1, 0.15) is 0 Å². The van der Waals surface area contributed by atoms with Crippen molar-refractivity contribution in [1.82, 2.24) is 0 Å². The molecule has 0 aromatic heterocycles. The Hall–Kier alpha value is -2.24. The van der Waals surface area contributed by atoms with E-state index < -0.39 is 0 Å². The first-order chi connectivity index (χ1) is 8.65. The Morgan fingerprint density at radius 1 is 1.22 bits per heavy atom. The van der Waals surface area contributed by atoms with Gasteiger partial charge >= 0.3 is 0 Å². The van der Waals surface area contributed by atoms with E-state index in [1.165, 1.54) is 7.11 Å². The summed E-state index contributed by atoms with van der Waals surface area (Å²) in [6.45, 7) is 0. The van der Waals surface area contributed by atoms with Crippen molar-refractivity contribution in [2.75, 3.05) is 12.4 Å². The van der Waals surface area contributed by atoms with E-state index in [9.17, 15) is 0 Å². The summed E-state index contributed by atoms with van der Waals surface area (Å²) in [6, 6.07) is 10.3. The van der Waals surface area contributed by atoms with Gasteiger partial charge < -0.3 is 10.1 Å².